The average molecular weight is 466 g/mol. The van der Waals surface area contributed by atoms with E-state index in [1.54, 1.807) is 19.1 Å². The molecule has 0 amide bonds. The molecule has 1 aliphatic heterocycles. The van der Waals surface area contributed by atoms with Crippen LogP contribution in [0.4, 0.5) is 0 Å². The number of benzene rings is 2. The Hall–Kier alpha value is -2.28. The summed E-state index contributed by atoms with van der Waals surface area (Å²) in [5.41, 5.74) is 1.32. The molecule has 8 heteroatoms. The van der Waals surface area contributed by atoms with E-state index in [2.05, 4.69) is 4.90 Å². The number of carbonyl (C=O) groups excluding carboxylic acids is 2. The van der Waals surface area contributed by atoms with E-state index in [0.717, 1.165) is 25.9 Å². The van der Waals surface area contributed by atoms with Crippen LogP contribution in [0.1, 0.15) is 47.7 Å². The van der Waals surface area contributed by atoms with Crippen molar-refractivity contribution >= 4 is 35.0 Å². The van der Waals surface area contributed by atoms with E-state index in [1.807, 2.05) is 0 Å². The van der Waals surface area contributed by atoms with Gasteiger partial charge >= 0.3 is 5.97 Å². The summed E-state index contributed by atoms with van der Waals surface area (Å²) in [6, 6.07) is 7.79. The zero-order chi connectivity index (χ0) is 22.4. The number of nitrogens with zero attached hydrogens (tertiary/aromatic N) is 1. The summed E-state index contributed by atoms with van der Waals surface area (Å²) < 4.78 is 10.2. The maximum atomic E-state index is 13.1. The summed E-state index contributed by atoms with van der Waals surface area (Å²) >= 11 is 12.6. The number of rotatable bonds is 8. The first-order valence-corrected chi connectivity index (χ1v) is 11.0. The van der Waals surface area contributed by atoms with Gasteiger partial charge in [0.2, 0.25) is 0 Å². The van der Waals surface area contributed by atoms with Crippen LogP contribution in [0.5, 0.6) is 11.5 Å². The number of carbonyl (C=O) groups is 2. The van der Waals surface area contributed by atoms with Crippen LogP contribution in [0.2, 0.25) is 10.0 Å². The molecule has 0 atom stereocenters. The van der Waals surface area contributed by atoms with Crippen molar-refractivity contribution in [2.75, 3.05) is 26.3 Å². The van der Waals surface area contributed by atoms with Crippen LogP contribution in [-0.4, -0.2) is 48.1 Å². The van der Waals surface area contributed by atoms with Gasteiger partial charge in [-0.3, -0.25) is 9.69 Å². The van der Waals surface area contributed by atoms with E-state index in [4.69, 9.17) is 32.7 Å². The summed E-state index contributed by atoms with van der Waals surface area (Å²) in [4.78, 5) is 26.8. The summed E-state index contributed by atoms with van der Waals surface area (Å²) in [7, 11) is 0. The van der Waals surface area contributed by atoms with Gasteiger partial charge in [-0.15, -0.1) is 0 Å². The van der Waals surface area contributed by atoms with Gasteiger partial charge in [0.15, 0.2) is 12.4 Å². The molecule has 0 unspecified atom stereocenters. The molecule has 0 aromatic heterocycles. The van der Waals surface area contributed by atoms with Gasteiger partial charge in [0.1, 0.15) is 16.5 Å². The molecular formula is C23H25Cl2NO5. The van der Waals surface area contributed by atoms with Gasteiger partial charge in [-0.2, -0.15) is 0 Å². The Kier molecular flexibility index (Phi) is 8.18. The maximum absolute atomic E-state index is 13.1. The first kappa shape index (κ1) is 23.4. The number of likely N-dealkylation sites (tertiary alicyclic amines) is 1. The van der Waals surface area contributed by atoms with Crippen LogP contribution < -0.4 is 4.74 Å². The number of ether oxygens (including phenoxy) is 2. The molecule has 0 spiro atoms. The number of hydrogen-bond donors (Lipinski definition) is 1. The molecule has 6 nitrogen and oxygen atoms in total. The lowest BCUT2D eigenvalue weighted by molar-refractivity contribution is -0.145. The minimum Gasteiger partial charge on any atom is -0.508 e. The number of esters is 1. The van der Waals surface area contributed by atoms with Gasteiger partial charge in [-0.1, -0.05) is 29.6 Å². The zero-order valence-corrected chi connectivity index (χ0v) is 18.8. The van der Waals surface area contributed by atoms with Crippen LogP contribution in [0.15, 0.2) is 30.3 Å². The molecule has 2 aromatic rings. The van der Waals surface area contributed by atoms with Gasteiger partial charge in [0, 0.05) is 23.2 Å². The fraction of sp³-hybridized carbons (Fsp3) is 0.391. The second-order valence-electron chi connectivity index (χ2n) is 7.34. The highest BCUT2D eigenvalue weighted by Crippen LogP contribution is 2.36. The van der Waals surface area contributed by atoms with Crippen molar-refractivity contribution in [1.82, 2.24) is 4.90 Å². The fourth-order valence-electron chi connectivity index (χ4n) is 3.53. The number of ketones is 1. The van der Waals surface area contributed by atoms with E-state index in [9.17, 15) is 14.7 Å². The molecule has 1 fully saturated rings. The van der Waals surface area contributed by atoms with Crippen LogP contribution in [0.3, 0.4) is 0 Å². The van der Waals surface area contributed by atoms with Crippen LogP contribution in [-0.2, 0) is 16.1 Å². The molecule has 0 saturated carbocycles. The van der Waals surface area contributed by atoms with Gasteiger partial charge in [-0.25, -0.2) is 4.79 Å². The molecule has 1 aliphatic rings. The number of piperidine rings is 1. The van der Waals surface area contributed by atoms with E-state index >= 15 is 0 Å². The molecule has 2 aromatic carbocycles. The van der Waals surface area contributed by atoms with E-state index < -0.39 is 5.97 Å². The second kappa shape index (κ2) is 10.8. The third-order valence-electron chi connectivity index (χ3n) is 5.13. The highest BCUT2D eigenvalue weighted by Gasteiger charge is 2.20. The number of aromatic hydroxyl groups is 1. The minimum absolute atomic E-state index is 0.0404. The predicted molar refractivity (Wildman–Crippen MR) is 119 cm³/mol. The van der Waals surface area contributed by atoms with Gasteiger partial charge in [0.05, 0.1) is 11.6 Å². The minimum atomic E-state index is -0.528. The molecule has 0 radical (unpaired) electrons. The van der Waals surface area contributed by atoms with Crippen molar-refractivity contribution in [1.29, 1.82) is 0 Å². The molecule has 166 valence electrons. The second-order valence-corrected chi connectivity index (χ2v) is 8.10. The molecule has 3 rings (SSSR count). The van der Waals surface area contributed by atoms with E-state index in [0.29, 0.717) is 17.7 Å². The number of phenolic OH excluding ortho intramolecular Hbond substituents is 1. The van der Waals surface area contributed by atoms with Crippen molar-refractivity contribution in [3.05, 3.63) is 57.1 Å². The highest BCUT2D eigenvalue weighted by molar-refractivity contribution is 6.45. The van der Waals surface area contributed by atoms with Crippen molar-refractivity contribution in [2.45, 2.75) is 32.7 Å². The Balaban J connectivity index is 1.78. The predicted octanol–water partition coefficient (Wildman–Crippen LogP) is 4.86. The van der Waals surface area contributed by atoms with Crippen molar-refractivity contribution < 1.29 is 24.2 Å². The Morgan fingerprint density at radius 2 is 1.81 bits per heavy atom. The summed E-state index contributed by atoms with van der Waals surface area (Å²) in [6.45, 7) is 4.18. The number of halogens is 2. The molecule has 0 aliphatic carbocycles. The largest absolute Gasteiger partial charge is 0.508 e. The maximum Gasteiger partial charge on any atom is 0.344 e. The smallest absolute Gasteiger partial charge is 0.344 e. The summed E-state index contributed by atoms with van der Waals surface area (Å²) in [5, 5.41) is 10.3. The lowest BCUT2D eigenvalue weighted by Crippen LogP contribution is -2.29. The molecule has 0 bridgehead atoms. The SMILES string of the molecule is CCOC(=O)COc1ccc(C(=O)c2ccc(O)c(CN3CCCCC3)c2)c(Cl)c1Cl. The Labute approximate surface area is 191 Å². The van der Waals surface area contributed by atoms with Gasteiger partial charge in [-0.05, 0) is 63.2 Å². The fourth-order valence-corrected chi connectivity index (χ4v) is 3.99. The first-order chi connectivity index (χ1) is 14.9. The van der Waals surface area contributed by atoms with E-state index in [1.165, 1.54) is 24.6 Å². The third-order valence-corrected chi connectivity index (χ3v) is 5.99. The summed E-state index contributed by atoms with van der Waals surface area (Å²) in [5.74, 6) is -0.495. The molecular weight excluding hydrogens is 441 g/mol. The monoisotopic (exact) mass is 465 g/mol. The van der Waals surface area contributed by atoms with Crippen LogP contribution in [0, 0.1) is 0 Å². The van der Waals surface area contributed by atoms with Crippen molar-refractivity contribution in [3.8, 4) is 11.5 Å². The Morgan fingerprint density at radius 3 is 2.52 bits per heavy atom. The van der Waals surface area contributed by atoms with Gasteiger partial charge < -0.3 is 14.6 Å². The van der Waals surface area contributed by atoms with Gasteiger partial charge in [0.25, 0.3) is 0 Å². The summed E-state index contributed by atoms with van der Waals surface area (Å²) in [6.07, 6.45) is 3.50. The lowest BCUT2D eigenvalue weighted by atomic mass is 10.00. The number of hydrogen-bond acceptors (Lipinski definition) is 6. The average Bonchev–Trinajstić information content (AvgIpc) is 2.77. The highest BCUT2D eigenvalue weighted by atomic mass is 35.5. The standard InChI is InChI=1S/C23H25Cl2NO5/c1-2-30-20(28)14-31-19-9-7-17(21(24)22(19)25)23(29)15-6-8-18(27)16(12-15)13-26-10-4-3-5-11-26/h6-9,12,27H,2-5,10-11,13-14H2,1H3. The molecule has 1 N–H and O–H groups in total. The molecule has 1 saturated heterocycles. The Morgan fingerprint density at radius 1 is 1.06 bits per heavy atom. The number of phenols is 1. The third kappa shape index (κ3) is 5.91. The van der Waals surface area contributed by atoms with E-state index in [-0.39, 0.29) is 46.1 Å². The first-order valence-electron chi connectivity index (χ1n) is 10.3. The van der Waals surface area contributed by atoms with Crippen LogP contribution in [0.25, 0.3) is 0 Å². The zero-order valence-electron chi connectivity index (χ0n) is 17.3. The molecule has 1 heterocycles. The van der Waals surface area contributed by atoms with Crippen molar-refractivity contribution in [2.24, 2.45) is 0 Å². The van der Waals surface area contributed by atoms with Crippen LogP contribution >= 0.6 is 23.2 Å². The quantitative estimate of drug-likeness (QED) is 0.443. The molecule has 31 heavy (non-hydrogen) atoms. The normalized spacial score (nSPS) is 14.3. The van der Waals surface area contributed by atoms with Crippen molar-refractivity contribution in [3.63, 3.8) is 0 Å². The lowest BCUT2D eigenvalue weighted by Gasteiger charge is -2.26. The Bertz CT molecular complexity index is 957. The topological polar surface area (TPSA) is 76.1 Å².